The average molecular weight is 669 g/mol. The van der Waals surface area contributed by atoms with Gasteiger partial charge in [0.05, 0.1) is 10.5 Å². The first-order valence-corrected chi connectivity index (χ1v) is 17.4. The highest BCUT2D eigenvalue weighted by atomic mass is 32.2. The number of sulfonamides is 1. The summed E-state index contributed by atoms with van der Waals surface area (Å²) in [5.74, 6) is 0.190. The number of anilines is 1. The summed E-state index contributed by atoms with van der Waals surface area (Å²) in [6, 6.07) is 9.44. The molecule has 2 aliphatic heterocycles. The van der Waals surface area contributed by atoms with Gasteiger partial charge in [-0.05, 0) is 69.4 Å². The molecule has 2 fully saturated rings. The number of nitrogens with two attached hydrogens (primary N) is 1. The summed E-state index contributed by atoms with van der Waals surface area (Å²) in [5.41, 5.74) is 4.89. The van der Waals surface area contributed by atoms with E-state index in [-0.39, 0.29) is 36.9 Å². The Balaban J connectivity index is 1.22. The molecule has 10 nitrogen and oxygen atoms in total. The second kappa shape index (κ2) is 15.3. The molecule has 1 atom stereocenters. The van der Waals surface area contributed by atoms with E-state index >= 15 is 0 Å². The van der Waals surface area contributed by atoms with Gasteiger partial charge in [0.1, 0.15) is 11.4 Å². The Hall–Kier alpha value is -2.94. The number of benzene rings is 1. The highest BCUT2D eigenvalue weighted by molar-refractivity contribution is 7.89. The van der Waals surface area contributed by atoms with Crippen molar-refractivity contribution in [3.8, 4) is 0 Å². The van der Waals surface area contributed by atoms with Crippen LogP contribution < -0.4 is 10.6 Å². The fraction of sp³-hybridized carbons (Fsp3) is 0.625. The largest absolute Gasteiger partial charge is 0.444 e. The van der Waals surface area contributed by atoms with Crippen molar-refractivity contribution in [2.75, 3.05) is 57.3 Å². The molecule has 2 aromatic rings. The fourth-order valence-corrected chi connectivity index (χ4v) is 7.71. The van der Waals surface area contributed by atoms with Crippen LogP contribution in [0, 0.1) is 0 Å². The van der Waals surface area contributed by atoms with E-state index in [0.717, 1.165) is 88.7 Å². The van der Waals surface area contributed by atoms with Crippen LogP contribution in [0.5, 0.6) is 0 Å². The van der Waals surface area contributed by atoms with Gasteiger partial charge in [-0.3, -0.25) is 9.80 Å². The van der Waals surface area contributed by atoms with Crippen LogP contribution in [0.1, 0.15) is 64.0 Å². The number of nitrogens with zero attached hydrogens (tertiary/aromatic N) is 5. The Kier molecular flexibility index (Phi) is 11.9. The zero-order valence-corrected chi connectivity index (χ0v) is 27.8. The SMILES string of the molecule is CCC(CCCCC(C)(C)OC(N)=O)N1CCN(Cc2ccc(S(=O)(=O)N3CCN(c4cc(C(F)(F)F)ccn4)CC3)cc2)CC1. The zero-order chi connectivity index (χ0) is 33.5. The van der Waals surface area contributed by atoms with Crippen molar-refractivity contribution in [2.45, 2.75) is 82.1 Å². The minimum atomic E-state index is -4.47. The highest BCUT2D eigenvalue weighted by Gasteiger charge is 2.33. The lowest BCUT2D eigenvalue weighted by Gasteiger charge is -2.39. The molecule has 3 heterocycles. The number of aromatic nitrogens is 1. The van der Waals surface area contributed by atoms with E-state index in [1.165, 1.54) is 4.31 Å². The summed E-state index contributed by atoms with van der Waals surface area (Å²) in [5, 5.41) is 0. The van der Waals surface area contributed by atoms with Gasteiger partial charge in [-0.1, -0.05) is 25.5 Å². The van der Waals surface area contributed by atoms with Crippen LogP contribution in [0.3, 0.4) is 0 Å². The number of hydrogen-bond donors (Lipinski definition) is 1. The molecular weight excluding hydrogens is 621 g/mol. The number of carbonyl (C=O) groups excluding carboxylic acids is 1. The summed E-state index contributed by atoms with van der Waals surface area (Å²) < 4.78 is 72.6. The maximum absolute atomic E-state index is 13.3. The number of alkyl halides is 3. The topological polar surface area (TPSA) is 112 Å². The van der Waals surface area contributed by atoms with Crippen LogP contribution in [-0.4, -0.2) is 97.6 Å². The number of unbranched alkanes of at least 4 members (excludes halogenated alkanes) is 1. The average Bonchev–Trinajstić information content (AvgIpc) is 3.01. The van der Waals surface area contributed by atoms with Crippen LogP contribution in [0.4, 0.5) is 23.8 Å². The molecule has 1 aromatic carbocycles. The molecule has 1 amide bonds. The lowest BCUT2D eigenvalue weighted by Crippen LogP contribution is -2.49. The second-order valence-electron chi connectivity index (χ2n) is 12.7. The number of amides is 1. The third-order valence-electron chi connectivity index (χ3n) is 8.94. The molecule has 2 aliphatic rings. The predicted octanol–water partition coefficient (Wildman–Crippen LogP) is 4.94. The minimum absolute atomic E-state index is 0.159. The van der Waals surface area contributed by atoms with Crippen molar-refractivity contribution in [3.63, 3.8) is 0 Å². The van der Waals surface area contributed by atoms with Crippen LogP contribution >= 0.6 is 0 Å². The summed E-state index contributed by atoms with van der Waals surface area (Å²) >= 11 is 0. The van der Waals surface area contributed by atoms with Gasteiger partial charge in [0, 0.05) is 71.1 Å². The molecule has 46 heavy (non-hydrogen) atoms. The van der Waals surface area contributed by atoms with Gasteiger partial charge in [0.15, 0.2) is 0 Å². The molecule has 1 aromatic heterocycles. The molecule has 0 aliphatic carbocycles. The standard InChI is InChI=1S/C32H47F3N6O4S/c1-4-27(7-5-6-13-31(2,3)45-30(36)42)39-17-15-38(16-18-39)24-25-8-10-28(11-9-25)46(43,44)41-21-19-40(20-22-41)29-23-26(12-14-37-29)32(33,34)35/h8-12,14,23,27H,4-7,13,15-22,24H2,1-3H3,(H2,36,42). The highest BCUT2D eigenvalue weighted by Crippen LogP contribution is 2.31. The minimum Gasteiger partial charge on any atom is -0.444 e. The first kappa shape index (κ1) is 35.9. The zero-order valence-electron chi connectivity index (χ0n) is 27.0. The van der Waals surface area contributed by atoms with E-state index in [1.54, 1.807) is 17.0 Å². The second-order valence-corrected chi connectivity index (χ2v) is 14.7. The van der Waals surface area contributed by atoms with E-state index in [4.69, 9.17) is 10.5 Å². The molecule has 0 bridgehead atoms. The number of primary amides is 1. The smallest absolute Gasteiger partial charge is 0.416 e. The van der Waals surface area contributed by atoms with Gasteiger partial charge in [-0.2, -0.15) is 17.5 Å². The molecule has 0 radical (unpaired) electrons. The lowest BCUT2D eigenvalue weighted by molar-refractivity contribution is -0.137. The Bertz CT molecular complexity index is 1390. The van der Waals surface area contributed by atoms with Crippen LogP contribution in [0.2, 0.25) is 0 Å². The third kappa shape index (κ3) is 9.79. The van der Waals surface area contributed by atoms with E-state index < -0.39 is 33.5 Å². The number of pyridine rings is 1. The van der Waals surface area contributed by atoms with Crippen molar-refractivity contribution in [1.29, 1.82) is 0 Å². The number of ether oxygens (including phenoxy) is 1. The molecule has 1 unspecified atom stereocenters. The van der Waals surface area contributed by atoms with Gasteiger partial charge < -0.3 is 15.4 Å². The van der Waals surface area contributed by atoms with Crippen molar-refractivity contribution < 1.29 is 31.1 Å². The van der Waals surface area contributed by atoms with Gasteiger partial charge in [-0.15, -0.1) is 0 Å². The first-order valence-electron chi connectivity index (χ1n) is 16.0. The predicted molar refractivity (Wildman–Crippen MR) is 171 cm³/mol. The van der Waals surface area contributed by atoms with Crippen molar-refractivity contribution in [3.05, 3.63) is 53.7 Å². The number of piperazine rings is 2. The van der Waals surface area contributed by atoms with E-state index in [0.29, 0.717) is 6.04 Å². The first-order chi connectivity index (χ1) is 21.7. The van der Waals surface area contributed by atoms with Crippen LogP contribution in [0.25, 0.3) is 0 Å². The maximum atomic E-state index is 13.3. The molecule has 0 spiro atoms. The summed E-state index contributed by atoms with van der Waals surface area (Å²) in [6.45, 7) is 11.4. The van der Waals surface area contributed by atoms with Gasteiger partial charge >= 0.3 is 12.3 Å². The molecular formula is C32H47F3N6O4S. The Morgan fingerprint density at radius 2 is 1.63 bits per heavy atom. The van der Waals surface area contributed by atoms with Crippen molar-refractivity contribution in [1.82, 2.24) is 19.1 Å². The molecule has 14 heteroatoms. The number of rotatable bonds is 13. The Morgan fingerprint density at radius 3 is 2.22 bits per heavy atom. The summed E-state index contributed by atoms with van der Waals surface area (Å²) in [4.78, 5) is 22.0. The lowest BCUT2D eigenvalue weighted by atomic mass is 9.97. The van der Waals surface area contributed by atoms with Crippen molar-refractivity contribution >= 4 is 21.9 Å². The van der Waals surface area contributed by atoms with E-state index in [2.05, 4.69) is 21.7 Å². The van der Waals surface area contributed by atoms with Gasteiger partial charge in [0.2, 0.25) is 10.0 Å². The quantitative estimate of drug-likeness (QED) is 0.299. The normalized spacial score (nSPS) is 18.4. The molecule has 0 saturated carbocycles. The molecule has 256 valence electrons. The number of halogens is 3. The summed E-state index contributed by atoms with van der Waals surface area (Å²) in [7, 11) is -3.73. The van der Waals surface area contributed by atoms with Gasteiger partial charge in [-0.25, -0.2) is 18.2 Å². The van der Waals surface area contributed by atoms with Gasteiger partial charge in [0.25, 0.3) is 0 Å². The fourth-order valence-electron chi connectivity index (χ4n) is 6.28. The molecule has 2 N–H and O–H groups in total. The number of carbonyl (C=O) groups is 1. The molecule has 2 saturated heterocycles. The van der Waals surface area contributed by atoms with Crippen LogP contribution in [-0.2, 0) is 27.5 Å². The summed E-state index contributed by atoms with van der Waals surface area (Å²) in [6.07, 6.45) is 0.898. The van der Waals surface area contributed by atoms with Crippen LogP contribution in [0.15, 0.2) is 47.5 Å². The molecule has 4 rings (SSSR count). The maximum Gasteiger partial charge on any atom is 0.416 e. The Labute approximate surface area is 270 Å². The van der Waals surface area contributed by atoms with E-state index in [9.17, 15) is 26.4 Å². The number of hydrogen-bond acceptors (Lipinski definition) is 8. The Morgan fingerprint density at radius 1 is 0.978 bits per heavy atom. The monoisotopic (exact) mass is 668 g/mol. The van der Waals surface area contributed by atoms with E-state index in [1.807, 2.05) is 26.0 Å². The third-order valence-corrected chi connectivity index (χ3v) is 10.9. The van der Waals surface area contributed by atoms with Crippen molar-refractivity contribution in [2.24, 2.45) is 5.73 Å².